The van der Waals surface area contributed by atoms with Crippen LogP contribution >= 0.6 is 0 Å². The van der Waals surface area contributed by atoms with Gasteiger partial charge in [0, 0.05) is 26.2 Å². The maximum atomic E-state index is 12.7. The van der Waals surface area contributed by atoms with E-state index in [0.717, 1.165) is 24.5 Å². The monoisotopic (exact) mass is 348 g/mol. The lowest BCUT2D eigenvalue weighted by Gasteiger charge is -2.38. The first-order valence-corrected chi connectivity index (χ1v) is 8.65. The van der Waals surface area contributed by atoms with Crippen LogP contribution in [0.2, 0.25) is 0 Å². The third kappa shape index (κ3) is 5.01. The number of para-hydroxylation sites is 2. The van der Waals surface area contributed by atoms with Crippen LogP contribution in [0, 0.1) is 5.92 Å². The molecule has 1 aromatic rings. The first-order chi connectivity index (χ1) is 11.9. The third-order valence-electron chi connectivity index (χ3n) is 4.34. The van der Waals surface area contributed by atoms with E-state index in [-0.39, 0.29) is 11.8 Å². The number of hydrogen-bond acceptors (Lipinski definition) is 4. The maximum Gasteiger partial charge on any atom is 0.312 e. The van der Waals surface area contributed by atoms with Gasteiger partial charge in [-0.05, 0) is 24.5 Å². The van der Waals surface area contributed by atoms with Gasteiger partial charge in [-0.25, -0.2) is 4.79 Å². The number of hydrogen-bond donors (Lipinski definition) is 2. The van der Waals surface area contributed by atoms with Gasteiger partial charge in [-0.2, -0.15) is 0 Å². The van der Waals surface area contributed by atoms with Gasteiger partial charge in [-0.1, -0.05) is 26.0 Å². The standard InChI is InChI=1S/C18H28N4O3/c1-13(2)12-14(20-18(19)24)17(23)22-10-8-21(9-11-22)15-6-4-5-7-16(15)25-3/h4-7,13-14H,8-12H2,1-3H3,(H3,19,20,24)/t14-/m1/s1. The topological polar surface area (TPSA) is 87.9 Å². The number of benzene rings is 1. The summed E-state index contributed by atoms with van der Waals surface area (Å²) in [5, 5.41) is 2.58. The van der Waals surface area contributed by atoms with E-state index in [2.05, 4.69) is 10.2 Å². The molecule has 3 N–H and O–H groups in total. The lowest BCUT2D eigenvalue weighted by molar-refractivity contribution is -0.133. The van der Waals surface area contributed by atoms with Crippen molar-refractivity contribution in [2.45, 2.75) is 26.3 Å². The van der Waals surface area contributed by atoms with Gasteiger partial charge in [-0.15, -0.1) is 0 Å². The lowest BCUT2D eigenvalue weighted by atomic mass is 10.0. The summed E-state index contributed by atoms with van der Waals surface area (Å²) in [5.41, 5.74) is 6.26. The van der Waals surface area contributed by atoms with Gasteiger partial charge in [0.1, 0.15) is 11.8 Å². The van der Waals surface area contributed by atoms with E-state index in [0.29, 0.717) is 19.5 Å². The number of ether oxygens (including phenoxy) is 1. The number of carbonyl (C=O) groups is 2. The lowest BCUT2D eigenvalue weighted by Crippen LogP contribution is -2.56. The zero-order valence-corrected chi connectivity index (χ0v) is 15.2. The smallest absolute Gasteiger partial charge is 0.312 e. The molecule has 1 saturated heterocycles. The van der Waals surface area contributed by atoms with Crippen molar-refractivity contribution in [2.24, 2.45) is 11.7 Å². The van der Waals surface area contributed by atoms with Crippen molar-refractivity contribution in [3.8, 4) is 5.75 Å². The summed E-state index contributed by atoms with van der Waals surface area (Å²) in [5.74, 6) is 1.05. The Morgan fingerprint density at radius 2 is 1.84 bits per heavy atom. The summed E-state index contributed by atoms with van der Waals surface area (Å²) in [6, 6.07) is 6.65. The molecule has 3 amide bonds. The van der Waals surface area contributed by atoms with Crippen LogP contribution in [0.1, 0.15) is 20.3 Å². The van der Waals surface area contributed by atoms with Gasteiger partial charge < -0.3 is 25.6 Å². The highest BCUT2D eigenvalue weighted by atomic mass is 16.5. The van der Waals surface area contributed by atoms with Crippen molar-refractivity contribution in [2.75, 3.05) is 38.2 Å². The second-order valence-corrected chi connectivity index (χ2v) is 6.67. The summed E-state index contributed by atoms with van der Waals surface area (Å²) in [4.78, 5) is 28.0. The number of carbonyl (C=O) groups excluding carboxylic acids is 2. The highest BCUT2D eigenvalue weighted by molar-refractivity contribution is 5.86. The molecule has 0 radical (unpaired) electrons. The van der Waals surface area contributed by atoms with Gasteiger partial charge in [0.2, 0.25) is 5.91 Å². The van der Waals surface area contributed by atoms with Crippen LogP contribution in [0.5, 0.6) is 5.75 Å². The van der Waals surface area contributed by atoms with E-state index in [4.69, 9.17) is 10.5 Å². The summed E-state index contributed by atoms with van der Waals surface area (Å²) < 4.78 is 5.41. The fraction of sp³-hybridized carbons (Fsp3) is 0.556. The predicted molar refractivity (Wildman–Crippen MR) is 97.7 cm³/mol. The van der Waals surface area contributed by atoms with Crippen molar-refractivity contribution < 1.29 is 14.3 Å². The van der Waals surface area contributed by atoms with E-state index in [1.54, 1.807) is 12.0 Å². The molecule has 0 spiro atoms. The molecule has 1 aliphatic heterocycles. The molecule has 2 rings (SSSR count). The highest BCUT2D eigenvalue weighted by Crippen LogP contribution is 2.28. The maximum absolute atomic E-state index is 12.7. The minimum atomic E-state index is -0.661. The molecular weight excluding hydrogens is 320 g/mol. The molecule has 1 aliphatic rings. The molecule has 1 aromatic carbocycles. The Kier molecular flexibility index (Phi) is 6.50. The van der Waals surface area contributed by atoms with Crippen LogP contribution in [-0.4, -0.2) is 56.2 Å². The fourth-order valence-corrected chi connectivity index (χ4v) is 3.14. The average Bonchev–Trinajstić information content (AvgIpc) is 2.60. The fourth-order valence-electron chi connectivity index (χ4n) is 3.14. The van der Waals surface area contributed by atoms with Crippen LogP contribution in [0.15, 0.2) is 24.3 Å². The first kappa shape index (κ1) is 18.9. The minimum Gasteiger partial charge on any atom is -0.495 e. The number of primary amides is 1. The Balaban J connectivity index is 2.00. The minimum absolute atomic E-state index is 0.0628. The van der Waals surface area contributed by atoms with Crippen LogP contribution in [0.25, 0.3) is 0 Å². The first-order valence-electron chi connectivity index (χ1n) is 8.65. The molecule has 0 aromatic heterocycles. The second kappa shape index (κ2) is 8.60. The normalized spacial score (nSPS) is 15.8. The van der Waals surface area contributed by atoms with E-state index < -0.39 is 12.1 Å². The van der Waals surface area contributed by atoms with Gasteiger partial charge in [-0.3, -0.25) is 4.79 Å². The number of methoxy groups -OCH3 is 1. The Hall–Kier alpha value is -2.44. The number of amides is 3. The molecule has 0 unspecified atom stereocenters. The SMILES string of the molecule is COc1ccccc1N1CCN(C(=O)[C@@H](CC(C)C)NC(N)=O)CC1. The number of nitrogens with zero attached hydrogens (tertiary/aromatic N) is 2. The average molecular weight is 348 g/mol. The summed E-state index contributed by atoms with van der Waals surface area (Å²) in [6.07, 6.45) is 0.578. The number of piperazine rings is 1. The molecule has 1 atom stereocenters. The Labute approximate surface area is 149 Å². The molecule has 138 valence electrons. The molecule has 0 saturated carbocycles. The number of anilines is 1. The van der Waals surface area contributed by atoms with Crippen LogP contribution in [0.3, 0.4) is 0 Å². The van der Waals surface area contributed by atoms with Crippen molar-refractivity contribution in [1.82, 2.24) is 10.2 Å². The molecule has 7 nitrogen and oxygen atoms in total. The Morgan fingerprint density at radius 1 is 1.20 bits per heavy atom. The molecule has 0 bridgehead atoms. The summed E-state index contributed by atoms with van der Waals surface area (Å²) >= 11 is 0. The molecule has 1 heterocycles. The van der Waals surface area contributed by atoms with Crippen LogP contribution in [0.4, 0.5) is 10.5 Å². The van der Waals surface area contributed by atoms with Crippen molar-refractivity contribution in [3.63, 3.8) is 0 Å². The van der Waals surface area contributed by atoms with E-state index in [1.807, 2.05) is 38.1 Å². The van der Waals surface area contributed by atoms with Crippen molar-refractivity contribution >= 4 is 17.6 Å². The Bertz CT molecular complexity index is 598. The van der Waals surface area contributed by atoms with Gasteiger partial charge in [0.15, 0.2) is 0 Å². The van der Waals surface area contributed by atoms with E-state index >= 15 is 0 Å². The summed E-state index contributed by atoms with van der Waals surface area (Å²) in [7, 11) is 1.66. The van der Waals surface area contributed by atoms with Crippen molar-refractivity contribution in [3.05, 3.63) is 24.3 Å². The largest absolute Gasteiger partial charge is 0.495 e. The van der Waals surface area contributed by atoms with Gasteiger partial charge in [0.25, 0.3) is 0 Å². The predicted octanol–water partition coefficient (Wildman–Crippen LogP) is 1.43. The number of nitrogens with two attached hydrogens (primary N) is 1. The molecule has 25 heavy (non-hydrogen) atoms. The quantitative estimate of drug-likeness (QED) is 0.814. The van der Waals surface area contributed by atoms with Gasteiger partial charge in [0.05, 0.1) is 12.8 Å². The van der Waals surface area contributed by atoms with Gasteiger partial charge >= 0.3 is 6.03 Å². The molecular formula is C18H28N4O3. The number of nitrogens with one attached hydrogen (secondary N) is 1. The van der Waals surface area contributed by atoms with E-state index in [9.17, 15) is 9.59 Å². The second-order valence-electron chi connectivity index (χ2n) is 6.67. The zero-order valence-electron chi connectivity index (χ0n) is 15.2. The van der Waals surface area contributed by atoms with Crippen molar-refractivity contribution in [1.29, 1.82) is 0 Å². The molecule has 1 fully saturated rings. The molecule has 7 heteroatoms. The van der Waals surface area contributed by atoms with Crippen LogP contribution < -0.4 is 20.7 Å². The number of rotatable bonds is 6. The highest BCUT2D eigenvalue weighted by Gasteiger charge is 2.29. The third-order valence-corrected chi connectivity index (χ3v) is 4.34. The molecule has 0 aliphatic carbocycles. The number of urea groups is 1. The van der Waals surface area contributed by atoms with E-state index in [1.165, 1.54) is 0 Å². The Morgan fingerprint density at radius 3 is 2.40 bits per heavy atom. The van der Waals surface area contributed by atoms with Crippen LogP contribution in [-0.2, 0) is 4.79 Å². The zero-order chi connectivity index (χ0) is 18.4. The summed E-state index contributed by atoms with van der Waals surface area (Å²) in [6.45, 7) is 6.68.